The minimum Gasteiger partial charge on any atom is -0.356 e. The van der Waals surface area contributed by atoms with Crippen molar-refractivity contribution in [3.05, 3.63) is 51.5 Å². The Hall–Kier alpha value is -0.800. The van der Waals surface area contributed by atoms with Gasteiger partial charge in [0.2, 0.25) is 0 Å². The van der Waals surface area contributed by atoms with Gasteiger partial charge in [-0.3, -0.25) is 4.99 Å². The maximum Gasteiger partial charge on any atom is 0.191 e. The van der Waals surface area contributed by atoms with E-state index in [1.54, 1.807) is 18.4 Å². The lowest BCUT2D eigenvalue weighted by atomic mass is 10.2. The van der Waals surface area contributed by atoms with Crippen LogP contribution in [-0.4, -0.2) is 30.3 Å². The molecule has 1 aromatic carbocycles. The molecule has 0 bridgehead atoms. The van der Waals surface area contributed by atoms with Gasteiger partial charge in [-0.2, -0.15) is 11.8 Å². The molecule has 0 radical (unpaired) electrons. The van der Waals surface area contributed by atoms with E-state index in [0.29, 0.717) is 6.54 Å². The summed E-state index contributed by atoms with van der Waals surface area (Å²) >= 11 is 3.64. The zero-order valence-electron chi connectivity index (χ0n) is 14.3. The van der Waals surface area contributed by atoms with Gasteiger partial charge in [-0.1, -0.05) is 29.8 Å². The predicted molar refractivity (Wildman–Crippen MR) is 118 cm³/mol. The molecule has 0 unspecified atom stereocenters. The molecule has 132 valence electrons. The topological polar surface area (TPSA) is 49.3 Å². The fourth-order valence-corrected chi connectivity index (χ4v) is 3.52. The third-order valence-corrected chi connectivity index (χ3v) is 5.17. The summed E-state index contributed by atoms with van der Waals surface area (Å²) in [6, 6.07) is 8.74. The molecule has 2 aromatic rings. The number of aromatic nitrogens is 1. The van der Waals surface area contributed by atoms with E-state index in [9.17, 15) is 0 Å². The van der Waals surface area contributed by atoms with Crippen LogP contribution >= 0.6 is 47.1 Å². The lowest BCUT2D eigenvalue weighted by Crippen LogP contribution is -2.37. The van der Waals surface area contributed by atoms with Gasteiger partial charge in [-0.25, -0.2) is 4.98 Å². The highest BCUT2D eigenvalue weighted by molar-refractivity contribution is 14.0. The van der Waals surface area contributed by atoms with Crippen LogP contribution in [0.25, 0.3) is 0 Å². The molecular weight excluding hydrogens is 451 g/mol. The zero-order chi connectivity index (χ0) is 16.5. The van der Waals surface area contributed by atoms with Crippen LogP contribution in [0.1, 0.15) is 21.0 Å². The normalized spacial score (nSPS) is 11.0. The molecule has 0 aliphatic heterocycles. The van der Waals surface area contributed by atoms with Crippen molar-refractivity contribution in [3.8, 4) is 0 Å². The van der Waals surface area contributed by atoms with Gasteiger partial charge in [0.25, 0.3) is 0 Å². The van der Waals surface area contributed by atoms with E-state index in [1.165, 1.54) is 16.0 Å². The van der Waals surface area contributed by atoms with E-state index in [4.69, 9.17) is 0 Å². The summed E-state index contributed by atoms with van der Waals surface area (Å²) in [5.41, 5.74) is 2.69. The van der Waals surface area contributed by atoms with Crippen molar-refractivity contribution in [2.45, 2.75) is 26.1 Å². The van der Waals surface area contributed by atoms with Crippen molar-refractivity contribution in [2.24, 2.45) is 4.99 Å². The van der Waals surface area contributed by atoms with Gasteiger partial charge >= 0.3 is 0 Å². The Labute approximate surface area is 170 Å². The van der Waals surface area contributed by atoms with Crippen LogP contribution in [0.3, 0.4) is 0 Å². The summed E-state index contributed by atoms with van der Waals surface area (Å²) in [6.45, 7) is 5.80. The van der Waals surface area contributed by atoms with Gasteiger partial charge in [0.05, 0.1) is 6.54 Å². The van der Waals surface area contributed by atoms with Crippen molar-refractivity contribution in [1.29, 1.82) is 0 Å². The van der Waals surface area contributed by atoms with Gasteiger partial charge in [-0.15, -0.1) is 35.3 Å². The molecule has 0 saturated heterocycles. The largest absolute Gasteiger partial charge is 0.356 e. The molecular formula is C17H25IN4S2. The number of aryl methyl sites for hydroxylation is 2. The Morgan fingerprint density at radius 3 is 2.58 bits per heavy atom. The molecule has 0 aliphatic carbocycles. The first-order chi connectivity index (χ1) is 11.2. The molecule has 4 nitrogen and oxygen atoms in total. The number of halogens is 1. The fraction of sp³-hybridized carbons (Fsp3) is 0.412. The molecule has 2 rings (SSSR count). The number of guanidine groups is 1. The molecule has 7 heteroatoms. The number of aliphatic imine (C=N–C) groups is 1. The van der Waals surface area contributed by atoms with Crippen LogP contribution in [0.5, 0.6) is 0 Å². The second kappa shape index (κ2) is 11.7. The first-order valence-corrected chi connectivity index (χ1v) is 9.63. The van der Waals surface area contributed by atoms with E-state index in [2.05, 4.69) is 58.7 Å². The first-order valence-electron chi connectivity index (χ1n) is 7.66. The highest BCUT2D eigenvalue weighted by atomic mass is 127. The summed E-state index contributed by atoms with van der Waals surface area (Å²) in [5, 5.41) is 7.71. The van der Waals surface area contributed by atoms with E-state index in [1.807, 2.05) is 18.0 Å². The van der Waals surface area contributed by atoms with Crippen LogP contribution in [0.4, 0.5) is 0 Å². The van der Waals surface area contributed by atoms with Crippen LogP contribution in [0.15, 0.2) is 35.5 Å². The minimum atomic E-state index is 0. The average Bonchev–Trinajstić information content (AvgIpc) is 2.97. The highest BCUT2D eigenvalue weighted by Crippen LogP contribution is 2.12. The fourth-order valence-electron chi connectivity index (χ4n) is 1.98. The number of benzene rings is 1. The van der Waals surface area contributed by atoms with E-state index >= 15 is 0 Å². The summed E-state index contributed by atoms with van der Waals surface area (Å²) < 4.78 is 0. The molecule has 0 atom stereocenters. The Balaban J connectivity index is 0.00000288. The summed E-state index contributed by atoms with van der Waals surface area (Å²) in [6.07, 6.45) is 1.90. The van der Waals surface area contributed by atoms with Crippen LogP contribution in [0, 0.1) is 13.8 Å². The molecule has 1 heterocycles. The number of hydrogen-bond acceptors (Lipinski definition) is 4. The summed E-state index contributed by atoms with van der Waals surface area (Å²) in [4.78, 5) is 9.81. The second-order valence-corrected chi connectivity index (χ2v) is 7.68. The van der Waals surface area contributed by atoms with E-state index in [0.717, 1.165) is 29.0 Å². The maximum atomic E-state index is 4.34. The van der Waals surface area contributed by atoms with Crippen molar-refractivity contribution in [1.82, 2.24) is 15.6 Å². The Morgan fingerprint density at radius 2 is 1.96 bits per heavy atom. The lowest BCUT2D eigenvalue weighted by molar-refractivity contribution is 0.827. The van der Waals surface area contributed by atoms with Gasteiger partial charge in [0.1, 0.15) is 5.01 Å². The molecule has 0 amide bonds. The Morgan fingerprint density at radius 1 is 1.21 bits per heavy atom. The van der Waals surface area contributed by atoms with Crippen LogP contribution in [0.2, 0.25) is 0 Å². The number of nitrogens with one attached hydrogen (secondary N) is 2. The lowest BCUT2D eigenvalue weighted by Gasteiger charge is -2.10. The third kappa shape index (κ3) is 7.85. The van der Waals surface area contributed by atoms with Gasteiger partial charge in [0.15, 0.2) is 5.96 Å². The van der Waals surface area contributed by atoms with E-state index in [-0.39, 0.29) is 24.0 Å². The molecule has 0 spiro atoms. The Bertz CT molecular complexity index is 626. The van der Waals surface area contributed by atoms with E-state index < -0.39 is 0 Å². The van der Waals surface area contributed by atoms with Crippen molar-refractivity contribution >= 4 is 53.0 Å². The third-order valence-electron chi connectivity index (χ3n) is 3.23. The molecule has 0 saturated carbocycles. The van der Waals surface area contributed by atoms with Gasteiger partial charge < -0.3 is 10.6 Å². The number of hydrogen-bond donors (Lipinski definition) is 2. The summed E-state index contributed by atoms with van der Waals surface area (Å²) in [5.74, 6) is 2.92. The van der Waals surface area contributed by atoms with Gasteiger partial charge in [-0.05, 0) is 19.4 Å². The molecule has 24 heavy (non-hydrogen) atoms. The molecule has 0 aliphatic rings. The highest BCUT2D eigenvalue weighted by Gasteiger charge is 2.01. The van der Waals surface area contributed by atoms with Crippen LogP contribution < -0.4 is 10.6 Å². The minimum absolute atomic E-state index is 0. The number of nitrogens with zero attached hydrogens (tertiary/aromatic N) is 2. The predicted octanol–water partition coefficient (Wildman–Crippen LogP) is 3.98. The maximum absolute atomic E-state index is 4.34. The zero-order valence-corrected chi connectivity index (χ0v) is 18.3. The van der Waals surface area contributed by atoms with Crippen molar-refractivity contribution in [2.75, 3.05) is 19.3 Å². The number of thioether (sulfide) groups is 1. The first kappa shape index (κ1) is 21.2. The van der Waals surface area contributed by atoms with Crippen molar-refractivity contribution in [3.63, 3.8) is 0 Å². The standard InChI is InChI=1S/C17H24N4S2.HI/c1-13-4-6-15(7-5-13)12-22-9-8-19-17(18-3)21-11-16-20-10-14(2)23-16;/h4-7,10H,8-9,11-12H2,1-3H3,(H2,18,19,21);1H. The Kier molecular flexibility index (Phi) is 10.4. The quantitative estimate of drug-likeness (QED) is 0.275. The van der Waals surface area contributed by atoms with Gasteiger partial charge in [0, 0.05) is 36.2 Å². The average molecular weight is 476 g/mol. The molecule has 0 fully saturated rings. The molecule has 1 aromatic heterocycles. The smallest absolute Gasteiger partial charge is 0.191 e. The monoisotopic (exact) mass is 476 g/mol. The number of thiazole rings is 1. The van der Waals surface area contributed by atoms with Crippen molar-refractivity contribution < 1.29 is 0 Å². The number of rotatable bonds is 7. The SMILES string of the molecule is CN=C(NCCSCc1ccc(C)cc1)NCc1ncc(C)s1.I. The summed E-state index contributed by atoms with van der Waals surface area (Å²) in [7, 11) is 1.79. The second-order valence-electron chi connectivity index (χ2n) is 5.26. The molecule has 2 N–H and O–H groups in total. The van der Waals surface area contributed by atoms with Crippen LogP contribution in [-0.2, 0) is 12.3 Å².